The molecule has 64 valence electrons. The molecule has 0 aliphatic carbocycles. The van der Waals surface area contributed by atoms with Gasteiger partial charge in [-0.15, -0.1) is 0 Å². The molecule has 0 fully saturated rings. The number of dihydropyridines is 1. The predicted octanol–water partition coefficient (Wildman–Crippen LogP) is 0.332. The van der Waals surface area contributed by atoms with Crippen molar-refractivity contribution in [1.29, 1.82) is 5.41 Å². The van der Waals surface area contributed by atoms with E-state index < -0.39 is 0 Å². The zero-order chi connectivity index (χ0) is 9.14. The maximum atomic E-state index is 7.19. The molecule has 0 atom stereocenters. The topological polar surface area (TPSA) is 87.9 Å². The van der Waals surface area contributed by atoms with Crippen LogP contribution in [0.3, 0.4) is 0 Å². The summed E-state index contributed by atoms with van der Waals surface area (Å²) in [5.74, 6) is 0.157. The third-order valence-corrected chi connectivity index (χ3v) is 1.62. The zero-order valence-electron chi connectivity index (χ0n) is 6.26. The summed E-state index contributed by atoms with van der Waals surface area (Å²) in [4.78, 5) is 0. The van der Waals surface area contributed by atoms with Crippen molar-refractivity contribution >= 4 is 16.8 Å². The summed E-state index contributed by atoms with van der Waals surface area (Å²) in [6.07, 6.45) is 4.91. The Balaban J connectivity index is 3.08. The van der Waals surface area contributed by atoms with E-state index in [4.69, 9.17) is 28.5 Å². The number of allylic oxidation sites excluding steroid dienone is 3. The molecule has 1 heterocycles. The molecule has 0 saturated heterocycles. The molecule has 1 aliphatic heterocycles. The molecule has 5 heteroatoms. The minimum Gasteiger partial charge on any atom is -0.385 e. The summed E-state index contributed by atoms with van der Waals surface area (Å²) in [6, 6.07) is 0. The second-order valence-corrected chi connectivity index (χ2v) is 2.62. The Morgan fingerprint density at radius 3 is 2.58 bits per heavy atom. The molecule has 0 amide bonds. The van der Waals surface area contributed by atoms with E-state index in [1.165, 1.54) is 0 Å². The second kappa shape index (κ2) is 3.32. The molecule has 1 aliphatic rings. The number of hydrogen-bond acceptors (Lipinski definition) is 4. The molecule has 12 heavy (non-hydrogen) atoms. The number of halogens is 1. The largest absolute Gasteiger partial charge is 0.385 e. The van der Waals surface area contributed by atoms with Crippen LogP contribution in [0.1, 0.15) is 0 Å². The lowest BCUT2D eigenvalue weighted by molar-refractivity contribution is 1.12. The van der Waals surface area contributed by atoms with Gasteiger partial charge in [0.05, 0.1) is 0 Å². The third kappa shape index (κ3) is 1.60. The quantitative estimate of drug-likeness (QED) is 0.443. The van der Waals surface area contributed by atoms with Gasteiger partial charge >= 0.3 is 0 Å². The highest BCUT2D eigenvalue weighted by Crippen LogP contribution is 2.17. The monoisotopic (exact) mass is 184 g/mol. The van der Waals surface area contributed by atoms with Crippen LogP contribution in [0, 0.1) is 5.41 Å². The van der Waals surface area contributed by atoms with Gasteiger partial charge in [-0.2, -0.15) is 0 Å². The minimum atomic E-state index is -0.0877. The number of nitrogens with two attached hydrogens (primary N) is 2. The van der Waals surface area contributed by atoms with Gasteiger partial charge in [-0.05, 0) is 6.08 Å². The molecule has 1 rings (SSSR count). The van der Waals surface area contributed by atoms with Crippen molar-refractivity contribution in [1.82, 2.24) is 5.32 Å². The standard InChI is InChI=1S/C7H9ClN4/c8-6(9)5-3-12-2-1-4(5)7(10)11/h1-3,9,12H,10-11H2. The first-order valence-corrected chi connectivity index (χ1v) is 3.63. The van der Waals surface area contributed by atoms with Crippen molar-refractivity contribution in [3.63, 3.8) is 0 Å². The molecule has 0 saturated carbocycles. The molecule has 0 bridgehead atoms. The number of nitrogens with one attached hydrogen (secondary N) is 2. The van der Waals surface area contributed by atoms with Gasteiger partial charge in [0.25, 0.3) is 0 Å². The van der Waals surface area contributed by atoms with Crippen molar-refractivity contribution in [3.05, 3.63) is 35.4 Å². The van der Waals surface area contributed by atoms with Crippen LogP contribution in [0.4, 0.5) is 0 Å². The predicted molar refractivity (Wildman–Crippen MR) is 49.3 cm³/mol. The van der Waals surface area contributed by atoms with Crippen molar-refractivity contribution in [2.24, 2.45) is 11.5 Å². The summed E-state index contributed by atoms with van der Waals surface area (Å²) < 4.78 is 0. The average molecular weight is 185 g/mol. The zero-order valence-corrected chi connectivity index (χ0v) is 7.02. The summed E-state index contributed by atoms with van der Waals surface area (Å²) in [7, 11) is 0. The number of rotatable bonds is 1. The Bertz CT molecular complexity index is 297. The molecule has 0 unspecified atom stereocenters. The highest BCUT2D eigenvalue weighted by Gasteiger charge is 2.11. The first-order valence-electron chi connectivity index (χ1n) is 3.25. The van der Waals surface area contributed by atoms with Crippen LogP contribution in [0.5, 0.6) is 0 Å². The second-order valence-electron chi connectivity index (χ2n) is 2.24. The average Bonchev–Trinajstić information content (AvgIpc) is 2.04. The number of hydrogen-bond donors (Lipinski definition) is 4. The van der Waals surface area contributed by atoms with E-state index in [9.17, 15) is 0 Å². The molecule has 0 radical (unpaired) electrons. The van der Waals surface area contributed by atoms with Crippen molar-refractivity contribution in [3.8, 4) is 0 Å². The van der Waals surface area contributed by atoms with Crippen LogP contribution in [-0.4, -0.2) is 5.17 Å². The lowest BCUT2D eigenvalue weighted by Gasteiger charge is -2.11. The Hall–Kier alpha value is -1.42. The van der Waals surface area contributed by atoms with Gasteiger partial charge in [-0.3, -0.25) is 5.41 Å². The highest BCUT2D eigenvalue weighted by atomic mass is 35.5. The summed E-state index contributed by atoms with van der Waals surface area (Å²) in [5.41, 5.74) is 11.8. The van der Waals surface area contributed by atoms with Crippen LogP contribution in [0.2, 0.25) is 0 Å². The summed E-state index contributed by atoms with van der Waals surface area (Å²) in [5, 5.41) is 9.89. The summed E-state index contributed by atoms with van der Waals surface area (Å²) >= 11 is 5.49. The minimum absolute atomic E-state index is 0.0877. The van der Waals surface area contributed by atoms with Gasteiger partial charge in [0.2, 0.25) is 0 Å². The van der Waals surface area contributed by atoms with Crippen LogP contribution in [-0.2, 0) is 0 Å². The van der Waals surface area contributed by atoms with Crippen LogP contribution < -0.4 is 16.8 Å². The lowest BCUT2D eigenvalue weighted by atomic mass is 10.1. The van der Waals surface area contributed by atoms with Crippen molar-refractivity contribution in [2.75, 3.05) is 0 Å². The van der Waals surface area contributed by atoms with Crippen molar-refractivity contribution in [2.45, 2.75) is 0 Å². The van der Waals surface area contributed by atoms with Gasteiger partial charge in [0.15, 0.2) is 0 Å². The SMILES string of the molecule is N=C(Cl)C1=CNC=CC1=C(N)N. The van der Waals surface area contributed by atoms with Crippen LogP contribution >= 0.6 is 11.6 Å². The van der Waals surface area contributed by atoms with Gasteiger partial charge in [-0.25, -0.2) is 0 Å². The van der Waals surface area contributed by atoms with E-state index in [-0.39, 0.29) is 11.0 Å². The maximum absolute atomic E-state index is 7.19. The first kappa shape index (κ1) is 8.67. The van der Waals surface area contributed by atoms with Gasteiger partial charge in [-0.1, -0.05) is 11.6 Å². The van der Waals surface area contributed by atoms with E-state index in [2.05, 4.69) is 5.32 Å². The van der Waals surface area contributed by atoms with Crippen molar-refractivity contribution < 1.29 is 0 Å². The fourth-order valence-corrected chi connectivity index (χ4v) is 1.02. The normalized spacial score (nSPS) is 15.1. The Kier molecular flexibility index (Phi) is 2.40. The van der Waals surface area contributed by atoms with Gasteiger partial charge < -0.3 is 16.8 Å². The molecule has 4 nitrogen and oxygen atoms in total. The Morgan fingerprint density at radius 2 is 2.17 bits per heavy atom. The third-order valence-electron chi connectivity index (χ3n) is 1.41. The van der Waals surface area contributed by atoms with E-state index >= 15 is 0 Å². The maximum Gasteiger partial charge on any atom is 0.130 e. The molecule has 0 aromatic heterocycles. The van der Waals surface area contributed by atoms with Crippen LogP contribution in [0.15, 0.2) is 35.4 Å². The highest BCUT2D eigenvalue weighted by molar-refractivity contribution is 6.69. The summed E-state index contributed by atoms with van der Waals surface area (Å²) in [6.45, 7) is 0. The van der Waals surface area contributed by atoms with Gasteiger partial charge in [0, 0.05) is 23.5 Å². The van der Waals surface area contributed by atoms with E-state index in [0.717, 1.165) is 0 Å². The molecular formula is C7H9ClN4. The molecule has 0 aromatic rings. The first-order chi connectivity index (χ1) is 5.63. The van der Waals surface area contributed by atoms with E-state index in [1.807, 2.05) is 0 Å². The van der Waals surface area contributed by atoms with E-state index in [1.54, 1.807) is 18.5 Å². The fraction of sp³-hybridized carbons (Fsp3) is 0. The fourth-order valence-electron chi connectivity index (χ4n) is 0.864. The molecule has 0 spiro atoms. The Labute approximate surface area is 75.1 Å². The Morgan fingerprint density at radius 1 is 1.50 bits per heavy atom. The molecule has 6 N–H and O–H groups in total. The van der Waals surface area contributed by atoms with Crippen LogP contribution in [0.25, 0.3) is 0 Å². The van der Waals surface area contributed by atoms with Gasteiger partial charge in [0.1, 0.15) is 11.0 Å². The van der Waals surface area contributed by atoms with E-state index in [0.29, 0.717) is 11.1 Å². The smallest absolute Gasteiger partial charge is 0.130 e. The molecule has 0 aromatic carbocycles. The lowest BCUT2D eigenvalue weighted by Crippen LogP contribution is -2.17. The molecular weight excluding hydrogens is 176 g/mol.